The highest BCUT2D eigenvalue weighted by Crippen LogP contribution is 2.44. The molecule has 36 heavy (non-hydrogen) atoms. The number of aliphatic hydroxyl groups is 1. The number of sulfonamides is 1. The van der Waals surface area contributed by atoms with Crippen molar-refractivity contribution in [1.29, 1.82) is 0 Å². The van der Waals surface area contributed by atoms with Gasteiger partial charge < -0.3 is 19.5 Å². The van der Waals surface area contributed by atoms with E-state index in [4.69, 9.17) is 4.74 Å². The van der Waals surface area contributed by atoms with E-state index in [2.05, 4.69) is 9.46 Å². The Bertz CT molecular complexity index is 1300. The first-order valence-corrected chi connectivity index (χ1v) is 12.8. The first-order chi connectivity index (χ1) is 17.1. The Morgan fingerprint density at radius 1 is 0.944 bits per heavy atom. The average molecular weight is 521 g/mol. The van der Waals surface area contributed by atoms with Crippen LogP contribution in [0.3, 0.4) is 0 Å². The van der Waals surface area contributed by atoms with Crippen LogP contribution in [0.25, 0.3) is 0 Å². The summed E-state index contributed by atoms with van der Waals surface area (Å²) >= 11 is 0. The van der Waals surface area contributed by atoms with Crippen LogP contribution < -0.4 is 19.1 Å². The molecule has 5 rings (SSSR count). The summed E-state index contributed by atoms with van der Waals surface area (Å²) in [7, 11) is -4.11. The van der Waals surface area contributed by atoms with Crippen molar-refractivity contribution >= 4 is 21.4 Å². The fourth-order valence-corrected chi connectivity index (χ4v) is 6.03. The number of nitrogens with zero attached hydrogens (tertiary/aromatic N) is 1. The Balaban J connectivity index is 1.39. The minimum atomic E-state index is -4.88. The number of nitrogens with one attached hydrogen (secondary N) is 1. The van der Waals surface area contributed by atoms with Gasteiger partial charge in [-0.3, -0.25) is 0 Å². The number of para-hydroxylation sites is 3. The van der Waals surface area contributed by atoms with Crippen molar-refractivity contribution < 1.29 is 36.2 Å². The van der Waals surface area contributed by atoms with Crippen LogP contribution in [0.15, 0.2) is 77.7 Å². The zero-order valence-electron chi connectivity index (χ0n) is 18.9. The third-order valence-corrected chi connectivity index (χ3v) is 7.85. The number of aliphatic hydroxyl groups excluding tert-OH is 1. The van der Waals surface area contributed by atoms with Crippen LogP contribution in [0.1, 0.15) is 18.4 Å². The molecule has 1 aliphatic carbocycles. The molecule has 1 saturated carbocycles. The molecule has 3 aromatic rings. The maximum absolute atomic E-state index is 12.9. The number of benzene rings is 3. The van der Waals surface area contributed by atoms with Crippen LogP contribution in [0, 0.1) is 0 Å². The zero-order chi connectivity index (χ0) is 25.5. The summed E-state index contributed by atoms with van der Waals surface area (Å²) in [5, 5.41) is 11.3. The van der Waals surface area contributed by atoms with Gasteiger partial charge in [-0.25, -0.2) is 13.1 Å². The summed E-state index contributed by atoms with van der Waals surface area (Å²) in [6, 6.07) is 17.8. The van der Waals surface area contributed by atoms with Crippen molar-refractivity contribution in [2.45, 2.75) is 48.9 Å². The topological polar surface area (TPSA) is 88.1 Å². The molecule has 11 heteroatoms. The summed E-state index contributed by atoms with van der Waals surface area (Å²) in [6.07, 6.45) is -5.08. The van der Waals surface area contributed by atoms with Gasteiger partial charge in [-0.15, -0.1) is 13.2 Å². The summed E-state index contributed by atoms with van der Waals surface area (Å²) in [5.41, 5.74) is 2.58. The summed E-state index contributed by atoms with van der Waals surface area (Å²) < 4.78 is 75.4. The normalized spacial score (nSPS) is 21.8. The Kier molecular flexibility index (Phi) is 6.31. The van der Waals surface area contributed by atoms with Gasteiger partial charge in [0.05, 0.1) is 28.8 Å². The Labute approximate surface area is 206 Å². The molecule has 0 aromatic heterocycles. The second kappa shape index (κ2) is 9.30. The van der Waals surface area contributed by atoms with Gasteiger partial charge in [0.15, 0.2) is 0 Å². The largest absolute Gasteiger partial charge is 0.573 e. The van der Waals surface area contributed by atoms with Gasteiger partial charge in [-0.05, 0) is 55.3 Å². The second-order valence-electron chi connectivity index (χ2n) is 8.64. The van der Waals surface area contributed by atoms with Crippen LogP contribution in [0.5, 0.6) is 11.5 Å². The summed E-state index contributed by atoms with van der Waals surface area (Å²) in [5.74, 6) is 0.134. The Morgan fingerprint density at radius 3 is 2.33 bits per heavy atom. The highest BCUT2D eigenvalue weighted by Gasteiger charge is 2.42. The molecule has 0 spiro atoms. The highest BCUT2D eigenvalue weighted by molar-refractivity contribution is 7.89. The van der Waals surface area contributed by atoms with Gasteiger partial charge in [-0.1, -0.05) is 30.3 Å². The summed E-state index contributed by atoms with van der Waals surface area (Å²) in [4.78, 5) is 1.77. The van der Waals surface area contributed by atoms with Crippen molar-refractivity contribution in [2.75, 3.05) is 4.90 Å². The number of ether oxygens (including phenoxy) is 2. The molecule has 7 nitrogen and oxygen atoms in total. The third-order valence-electron chi connectivity index (χ3n) is 6.34. The molecule has 2 N–H and O–H groups in total. The quantitative estimate of drug-likeness (QED) is 0.516. The molecule has 3 aromatic carbocycles. The number of alkyl halides is 3. The molecule has 1 aliphatic heterocycles. The first kappa shape index (κ1) is 24.4. The number of fused-ring (bicyclic) bond motifs is 2. The van der Waals surface area contributed by atoms with Crippen molar-refractivity contribution in [3.63, 3.8) is 0 Å². The van der Waals surface area contributed by atoms with Crippen LogP contribution in [-0.2, 0) is 16.6 Å². The molecule has 190 valence electrons. The van der Waals surface area contributed by atoms with Crippen LogP contribution >= 0.6 is 0 Å². The standard InChI is InChI=1S/C25H23F3N2O5S/c26-25(27,28)35-17-9-11-18(12-10-17)36(32,33)29-19-13-14-22(24(19)31)30-20-6-2-1-5-16(20)15-34-23-8-4-3-7-21(23)30/h1-12,19,22,24,29,31H,13-15H2/t19-,22?,24+/m1/s1. The van der Waals surface area contributed by atoms with Crippen LogP contribution in [0.2, 0.25) is 0 Å². The SMILES string of the molecule is O=S(=O)(N[C@@H]1CCC(N2c3ccccc3COc3ccccc32)[C@H]1O)c1ccc(OC(F)(F)F)cc1. The van der Waals surface area contributed by atoms with E-state index in [-0.39, 0.29) is 4.90 Å². The molecular weight excluding hydrogens is 497 g/mol. The van der Waals surface area contributed by atoms with E-state index >= 15 is 0 Å². The lowest BCUT2D eigenvalue weighted by molar-refractivity contribution is -0.274. The predicted molar refractivity (Wildman–Crippen MR) is 126 cm³/mol. The Morgan fingerprint density at radius 2 is 1.61 bits per heavy atom. The second-order valence-corrected chi connectivity index (χ2v) is 10.4. The number of anilines is 2. The minimum Gasteiger partial charge on any atom is -0.487 e. The molecule has 3 atom stereocenters. The van der Waals surface area contributed by atoms with Gasteiger partial charge in [0.1, 0.15) is 18.1 Å². The molecule has 1 fully saturated rings. The van der Waals surface area contributed by atoms with E-state index in [0.717, 1.165) is 41.2 Å². The van der Waals surface area contributed by atoms with Crippen molar-refractivity contribution in [3.8, 4) is 11.5 Å². The van der Waals surface area contributed by atoms with Crippen LogP contribution in [0.4, 0.5) is 24.5 Å². The minimum absolute atomic E-state index is 0.230. The lowest BCUT2D eigenvalue weighted by Crippen LogP contribution is -2.47. The molecule has 0 bridgehead atoms. The van der Waals surface area contributed by atoms with Gasteiger partial charge in [0.25, 0.3) is 0 Å². The summed E-state index contributed by atoms with van der Waals surface area (Å²) in [6.45, 7) is 0.358. The lowest BCUT2D eigenvalue weighted by atomic mass is 10.1. The van der Waals surface area contributed by atoms with E-state index in [1.807, 2.05) is 53.4 Å². The van der Waals surface area contributed by atoms with Gasteiger partial charge >= 0.3 is 6.36 Å². The molecule has 0 radical (unpaired) electrons. The molecular formula is C25H23F3N2O5S. The maximum Gasteiger partial charge on any atom is 0.573 e. The fourth-order valence-electron chi connectivity index (χ4n) is 4.75. The fraction of sp³-hybridized carbons (Fsp3) is 0.280. The monoisotopic (exact) mass is 520 g/mol. The zero-order valence-corrected chi connectivity index (χ0v) is 19.7. The van der Waals surface area contributed by atoms with Crippen molar-refractivity contribution in [2.24, 2.45) is 0 Å². The Hall–Kier alpha value is -3.28. The highest BCUT2D eigenvalue weighted by atomic mass is 32.2. The van der Waals surface area contributed by atoms with Crippen molar-refractivity contribution in [1.82, 2.24) is 4.72 Å². The molecule has 1 heterocycles. The van der Waals surface area contributed by atoms with Gasteiger partial charge in [0.2, 0.25) is 10.0 Å². The third kappa shape index (κ3) is 4.86. The number of rotatable bonds is 5. The van der Waals surface area contributed by atoms with Crippen LogP contribution in [-0.4, -0.2) is 38.1 Å². The number of hydrogen-bond donors (Lipinski definition) is 2. The van der Waals surface area contributed by atoms with E-state index in [0.29, 0.717) is 25.2 Å². The number of halogens is 3. The van der Waals surface area contributed by atoms with Gasteiger partial charge in [0, 0.05) is 11.3 Å². The van der Waals surface area contributed by atoms with E-state index in [9.17, 15) is 26.7 Å². The number of hydrogen-bond acceptors (Lipinski definition) is 6. The van der Waals surface area contributed by atoms with E-state index in [1.165, 1.54) is 0 Å². The van der Waals surface area contributed by atoms with Crippen molar-refractivity contribution in [3.05, 3.63) is 78.4 Å². The molecule has 1 unspecified atom stereocenters. The van der Waals surface area contributed by atoms with E-state index < -0.39 is 40.3 Å². The lowest BCUT2D eigenvalue weighted by Gasteiger charge is -2.34. The molecule has 2 aliphatic rings. The molecule has 0 amide bonds. The van der Waals surface area contributed by atoms with E-state index in [1.54, 1.807) is 0 Å². The average Bonchev–Trinajstić information content (AvgIpc) is 3.08. The first-order valence-electron chi connectivity index (χ1n) is 11.3. The molecule has 0 saturated heterocycles. The maximum atomic E-state index is 12.9. The smallest absolute Gasteiger partial charge is 0.487 e. The van der Waals surface area contributed by atoms with Gasteiger partial charge in [-0.2, -0.15) is 0 Å². The predicted octanol–water partition coefficient (Wildman–Crippen LogP) is 4.49.